The first-order chi connectivity index (χ1) is 13.6. The molecule has 0 bridgehead atoms. The molecular formula is C18H17ClN8O. The van der Waals surface area contributed by atoms with Crippen molar-refractivity contribution in [3.05, 3.63) is 40.0 Å². The van der Waals surface area contributed by atoms with E-state index in [4.69, 9.17) is 21.6 Å². The zero-order valence-corrected chi connectivity index (χ0v) is 15.9. The Morgan fingerprint density at radius 2 is 1.96 bits per heavy atom. The molecule has 0 atom stereocenters. The van der Waals surface area contributed by atoms with E-state index in [0.717, 1.165) is 48.5 Å². The van der Waals surface area contributed by atoms with Crippen LogP contribution in [0, 0.1) is 0 Å². The molecule has 5 heterocycles. The molecule has 28 heavy (non-hydrogen) atoms. The third kappa shape index (κ3) is 2.75. The van der Waals surface area contributed by atoms with Crippen LogP contribution in [0.2, 0.25) is 5.02 Å². The summed E-state index contributed by atoms with van der Waals surface area (Å²) in [4.78, 5) is 30.3. The fourth-order valence-electron chi connectivity index (χ4n) is 3.68. The number of anilines is 1. The number of aromatic amines is 2. The summed E-state index contributed by atoms with van der Waals surface area (Å²) in [6, 6.07) is 3.65. The van der Waals surface area contributed by atoms with Crippen molar-refractivity contribution >= 4 is 28.6 Å². The molecule has 0 saturated carbocycles. The molecule has 5 rings (SSSR count). The normalized spacial score (nSPS) is 14.3. The summed E-state index contributed by atoms with van der Waals surface area (Å²) in [6.07, 6.45) is 5.61. The first-order valence-corrected chi connectivity index (χ1v) is 9.36. The Morgan fingerprint density at radius 1 is 1.14 bits per heavy atom. The molecule has 0 aromatic carbocycles. The topological polar surface area (TPSA) is 108 Å². The molecular weight excluding hydrogens is 380 g/mol. The van der Waals surface area contributed by atoms with Gasteiger partial charge in [-0.3, -0.25) is 9.97 Å². The van der Waals surface area contributed by atoms with Crippen molar-refractivity contribution in [1.29, 1.82) is 0 Å². The van der Waals surface area contributed by atoms with Gasteiger partial charge in [0.15, 0.2) is 5.82 Å². The number of fused-ring (bicyclic) bond motifs is 1. The highest BCUT2D eigenvalue weighted by Crippen LogP contribution is 2.33. The van der Waals surface area contributed by atoms with Crippen molar-refractivity contribution in [1.82, 2.24) is 34.7 Å². The minimum absolute atomic E-state index is 0.358. The van der Waals surface area contributed by atoms with Crippen LogP contribution in [0.1, 0.15) is 12.8 Å². The Balaban J connectivity index is 1.79. The van der Waals surface area contributed by atoms with E-state index >= 15 is 0 Å². The van der Waals surface area contributed by atoms with Crippen LogP contribution in [0.5, 0.6) is 0 Å². The number of pyridine rings is 2. The maximum absolute atomic E-state index is 11.5. The van der Waals surface area contributed by atoms with Crippen molar-refractivity contribution in [2.24, 2.45) is 7.05 Å². The van der Waals surface area contributed by atoms with E-state index in [1.54, 1.807) is 12.4 Å². The molecule has 1 aliphatic rings. The van der Waals surface area contributed by atoms with Crippen LogP contribution in [0.15, 0.2) is 29.3 Å². The standard InChI is InChI=1S/C18H17ClN8O/c1-26-15-12(22-18(26)27-4-2-3-5-27)7-13(16-23-17(28)25-24-16)21-14(15)10-6-11(19)9-20-8-10/h6-9H,2-5H2,1H3,(H2,23,24,25,28). The number of aryl methyl sites for hydroxylation is 1. The van der Waals surface area contributed by atoms with Gasteiger partial charge in [0.1, 0.15) is 5.69 Å². The van der Waals surface area contributed by atoms with Crippen LogP contribution in [0.3, 0.4) is 0 Å². The second-order valence-corrected chi connectivity index (χ2v) is 7.24. The fourth-order valence-corrected chi connectivity index (χ4v) is 3.85. The highest BCUT2D eigenvalue weighted by Gasteiger charge is 2.22. The van der Waals surface area contributed by atoms with Crippen LogP contribution >= 0.6 is 11.6 Å². The van der Waals surface area contributed by atoms with Crippen LogP contribution in [0.25, 0.3) is 33.8 Å². The molecule has 1 saturated heterocycles. The summed E-state index contributed by atoms with van der Waals surface area (Å²) in [5, 5.41) is 6.91. The summed E-state index contributed by atoms with van der Waals surface area (Å²) in [5.41, 5.74) is 3.24. The Morgan fingerprint density at radius 3 is 2.68 bits per heavy atom. The van der Waals surface area contributed by atoms with Gasteiger partial charge in [0.05, 0.1) is 21.7 Å². The first kappa shape index (κ1) is 16.9. The lowest BCUT2D eigenvalue weighted by Gasteiger charge is -2.16. The number of hydrogen-bond donors (Lipinski definition) is 2. The molecule has 0 unspecified atom stereocenters. The third-order valence-electron chi connectivity index (χ3n) is 4.94. The summed E-state index contributed by atoms with van der Waals surface area (Å²) >= 11 is 6.17. The first-order valence-electron chi connectivity index (χ1n) is 8.98. The molecule has 4 aromatic heterocycles. The highest BCUT2D eigenvalue weighted by atomic mass is 35.5. The van der Waals surface area contributed by atoms with Crippen LogP contribution in [-0.4, -0.2) is 47.8 Å². The summed E-state index contributed by atoms with van der Waals surface area (Å²) in [7, 11) is 1.99. The van der Waals surface area contributed by atoms with Crippen molar-refractivity contribution in [3.63, 3.8) is 0 Å². The monoisotopic (exact) mass is 396 g/mol. The van der Waals surface area contributed by atoms with Gasteiger partial charge in [-0.1, -0.05) is 11.6 Å². The minimum Gasteiger partial charge on any atom is -0.342 e. The van der Waals surface area contributed by atoms with Crippen LogP contribution in [0.4, 0.5) is 5.95 Å². The largest absolute Gasteiger partial charge is 0.342 e. The van der Waals surface area contributed by atoms with E-state index < -0.39 is 0 Å². The quantitative estimate of drug-likeness (QED) is 0.550. The van der Waals surface area contributed by atoms with Crippen molar-refractivity contribution in [2.75, 3.05) is 18.0 Å². The third-order valence-corrected chi connectivity index (χ3v) is 5.15. The van der Waals surface area contributed by atoms with Gasteiger partial charge in [0, 0.05) is 38.1 Å². The number of hydrogen-bond acceptors (Lipinski definition) is 6. The maximum atomic E-state index is 11.5. The predicted molar refractivity (Wildman–Crippen MR) is 106 cm³/mol. The molecule has 0 radical (unpaired) electrons. The van der Waals surface area contributed by atoms with Gasteiger partial charge >= 0.3 is 5.69 Å². The van der Waals surface area contributed by atoms with E-state index in [1.807, 2.05) is 19.2 Å². The summed E-state index contributed by atoms with van der Waals surface area (Å²) in [6.45, 7) is 1.97. The Hall–Kier alpha value is -3.20. The minimum atomic E-state index is -0.387. The summed E-state index contributed by atoms with van der Waals surface area (Å²) in [5.74, 6) is 1.26. The van der Waals surface area contributed by atoms with Gasteiger partial charge in [-0.15, -0.1) is 0 Å². The zero-order valence-electron chi connectivity index (χ0n) is 15.1. The zero-order chi connectivity index (χ0) is 19.3. The molecule has 4 aromatic rings. The number of nitrogens with one attached hydrogen (secondary N) is 2. The lowest BCUT2D eigenvalue weighted by Crippen LogP contribution is -2.21. The molecule has 2 N–H and O–H groups in total. The molecule has 9 nitrogen and oxygen atoms in total. The second-order valence-electron chi connectivity index (χ2n) is 6.81. The average molecular weight is 397 g/mol. The van der Waals surface area contributed by atoms with E-state index in [9.17, 15) is 4.79 Å². The van der Waals surface area contributed by atoms with E-state index in [1.165, 1.54) is 0 Å². The number of halogens is 1. The molecule has 1 fully saturated rings. The van der Waals surface area contributed by atoms with Gasteiger partial charge < -0.3 is 9.47 Å². The number of nitrogens with zero attached hydrogens (tertiary/aromatic N) is 6. The number of H-pyrrole nitrogens is 2. The van der Waals surface area contributed by atoms with Gasteiger partial charge in [0.25, 0.3) is 0 Å². The Kier molecular flexibility index (Phi) is 3.90. The maximum Gasteiger partial charge on any atom is 0.340 e. The highest BCUT2D eigenvalue weighted by molar-refractivity contribution is 6.30. The van der Waals surface area contributed by atoms with E-state index in [-0.39, 0.29) is 5.69 Å². The van der Waals surface area contributed by atoms with E-state index in [2.05, 4.69) is 29.6 Å². The summed E-state index contributed by atoms with van der Waals surface area (Å²) < 4.78 is 2.06. The van der Waals surface area contributed by atoms with Crippen LogP contribution < -0.4 is 10.6 Å². The Labute approximate surface area is 164 Å². The molecule has 0 aliphatic carbocycles. The lowest BCUT2D eigenvalue weighted by atomic mass is 10.1. The Bertz CT molecular complexity index is 1230. The molecule has 0 amide bonds. The van der Waals surface area contributed by atoms with Crippen molar-refractivity contribution in [2.45, 2.75) is 12.8 Å². The molecule has 10 heteroatoms. The van der Waals surface area contributed by atoms with E-state index in [0.29, 0.717) is 22.2 Å². The predicted octanol–water partition coefficient (Wildman–Crippen LogP) is 2.36. The van der Waals surface area contributed by atoms with Crippen molar-refractivity contribution < 1.29 is 0 Å². The average Bonchev–Trinajstić information content (AvgIpc) is 3.42. The number of rotatable bonds is 3. The molecule has 0 spiro atoms. The SMILES string of the molecule is Cn1c(N2CCCC2)nc2cc(-c3n[nH]c(=O)[nH]3)nc(-c3cncc(Cl)c3)c21. The van der Waals surface area contributed by atoms with Gasteiger partial charge in [0.2, 0.25) is 5.95 Å². The number of imidazole rings is 1. The van der Waals surface area contributed by atoms with Gasteiger partial charge in [-0.05, 0) is 25.0 Å². The van der Waals surface area contributed by atoms with Crippen molar-refractivity contribution in [3.8, 4) is 22.8 Å². The smallest absolute Gasteiger partial charge is 0.340 e. The fraction of sp³-hybridized carbons (Fsp3) is 0.278. The van der Waals surface area contributed by atoms with Gasteiger partial charge in [-0.25, -0.2) is 19.9 Å². The second kappa shape index (κ2) is 6.45. The molecule has 142 valence electrons. The molecule has 1 aliphatic heterocycles. The number of aromatic nitrogens is 7. The lowest BCUT2D eigenvalue weighted by molar-refractivity contribution is 0.837. The van der Waals surface area contributed by atoms with Gasteiger partial charge in [-0.2, -0.15) is 5.10 Å². The van der Waals surface area contributed by atoms with Crippen LogP contribution in [-0.2, 0) is 7.05 Å².